The number of ether oxygens (including phenoxy) is 2. The maximum atomic E-state index is 13.6. The average molecular weight is 618 g/mol. The number of hydrogen-bond donors (Lipinski definition) is 3. The van der Waals surface area contributed by atoms with Gasteiger partial charge in [-0.05, 0) is 77.4 Å². The Morgan fingerprint density at radius 2 is 1.70 bits per heavy atom. The van der Waals surface area contributed by atoms with Crippen molar-refractivity contribution in [2.45, 2.75) is 13.8 Å². The summed E-state index contributed by atoms with van der Waals surface area (Å²) in [5, 5.41) is 8.80. The molecule has 3 N–H and O–H groups in total. The van der Waals surface area contributed by atoms with Gasteiger partial charge < -0.3 is 20.1 Å². The van der Waals surface area contributed by atoms with E-state index in [9.17, 15) is 18.8 Å². The largest absolute Gasteiger partial charge is 0.493 e. The Morgan fingerprint density at radius 1 is 1.00 bits per heavy atom. The van der Waals surface area contributed by atoms with E-state index in [1.54, 1.807) is 12.1 Å². The van der Waals surface area contributed by atoms with Crippen LogP contribution in [0, 0.1) is 23.2 Å². The van der Waals surface area contributed by atoms with E-state index in [0.29, 0.717) is 20.6 Å². The number of aryl methyl sites for hydroxylation is 2. The molecule has 0 aliphatic heterocycles. The van der Waals surface area contributed by atoms with Gasteiger partial charge in [0, 0.05) is 5.69 Å². The molecule has 0 fully saturated rings. The number of carbonyl (C=O) groups excluding carboxylic acids is 3. The highest BCUT2D eigenvalue weighted by Gasteiger charge is 2.16. The van der Waals surface area contributed by atoms with Crippen LogP contribution in [0.4, 0.5) is 15.8 Å². The Hall–Kier alpha value is -4.00. The van der Waals surface area contributed by atoms with E-state index < -0.39 is 17.6 Å². The van der Waals surface area contributed by atoms with Gasteiger partial charge in [0.25, 0.3) is 5.91 Å². The third-order valence-corrected chi connectivity index (χ3v) is 5.85. The average Bonchev–Trinajstić information content (AvgIpc) is 2.86. The van der Waals surface area contributed by atoms with Gasteiger partial charge in [0.2, 0.25) is 0 Å². The number of anilines is 2. The summed E-state index contributed by atoms with van der Waals surface area (Å²) >= 11 is 2.02. The maximum absolute atomic E-state index is 13.6. The van der Waals surface area contributed by atoms with Gasteiger partial charge in [-0.1, -0.05) is 30.3 Å². The van der Waals surface area contributed by atoms with Crippen molar-refractivity contribution in [1.29, 1.82) is 0 Å². The lowest BCUT2D eigenvalue weighted by atomic mass is 10.1. The minimum atomic E-state index is -1.07. The van der Waals surface area contributed by atoms with Crippen LogP contribution in [-0.4, -0.2) is 37.7 Å². The van der Waals surface area contributed by atoms with Crippen LogP contribution in [-0.2, 0) is 14.4 Å². The highest BCUT2D eigenvalue weighted by Crippen LogP contribution is 2.33. The first kappa shape index (κ1) is 27.6. The van der Waals surface area contributed by atoms with Crippen molar-refractivity contribution in [1.82, 2.24) is 5.43 Å². The van der Waals surface area contributed by atoms with Crippen LogP contribution < -0.4 is 25.5 Å². The molecule has 11 heteroatoms. The first-order valence-corrected chi connectivity index (χ1v) is 12.0. The zero-order valence-corrected chi connectivity index (χ0v) is 22.4. The van der Waals surface area contributed by atoms with Crippen molar-refractivity contribution in [3.8, 4) is 11.5 Å². The molecule has 3 amide bonds. The number of rotatable bonds is 8. The van der Waals surface area contributed by atoms with Gasteiger partial charge in [-0.2, -0.15) is 5.10 Å². The SMILES string of the molecule is COc1cc(/C=N\NC(=O)C(=O)Nc2ccccc2F)cc(I)c1OCC(=O)Nc1c(C)cccc1C. The fraction of sp³-hybridized carbons (Fsp3) is 0.154. The molecule has 3 rings (SSSR count). The zero-order valence-electron chi connectivity index (χ0n) is 20.2. The predicted molar refractivity (Wildman–Crippen MR) is 147 cm³/mol. The van der Waals surface area contributed by atoms with Crippen molar-refractivity contribution in [2.24, 2.45) is 5.10 Å². The molecule has 0 heterocycles. The molecule has 0 atom stereocenters. The first-order chi connectivity index (χ1) is 17.7. The highest BCUT2D eigenvalue weighted by molar-refractivity contribution is 14.1. The summed E-state index contributed by atoms with van der Waals surface area (Å²) in [6.45, 7) is 3.59. The number of benzene rings is 3. The predicted octanol–water partition coefficient (Wildman–Crippen LogP) is 4.16. The Morgan fingerprint density at radius 3 is 2.38 bits per heavy atom. The molecule has 9 nitrogen and oxygen atoms in total. The van der Waals surface area contributed by atoms with Crippen molar-refractivity contribution >= 4 is 57.9 Å². The summed E-state index contributed by atoms with van der Waals surface area (Å²) in [5.74, 6) is -2.42. The smallest absolute Gasteiger partial charge is 0.329 e. The summed E-state index contributed by atoms with van der Waals surface area (Å²) in [6.07, 6.45) is 1.30. The first-order valence-electron chi connectivity index (χ1n) is 10.9. The van der Waals surface area contributed by atoms with Crippen molar-refractivity contribution in [2.75, 3.05) is 24.4 Å². The van der Waals surface area contributed by atoms with E-state index >= 15 is 0 Å². The number of nitrogens with zero attached hydrogens (tertiary/aromatic N) is 1. The van der Waals surface area contributed by atoms with Crippen molar-refractivity contribution in [3.63, 3.8) is 0 Å². The number of amides is 3. The van der Waals surface area contributed by atoms with Gasteiger partial charge in [-0.25, -0.2) is 9.82 Å². The standard InChI is InChI=1S/C26H24FIN4O5/c1-15-7-6-8-16(2)23(15)31-22(33)14-37-24-19(28)11-17(12-21(24)36-3)13-29-32-26(35)25(34)30-20-10-5-4-9-18(20)27/h4-13H,14H2,1-3H3,(H,30,34)(H,31,33)(H,32,35)/b29-13-. The topological polar surface area (TPSA) is 118 Å². The van der Waals surface area contributed by atoms with E-state index in [4.69, 9.17) is 9.47 Å². The lowest BCUT2D eigenvalue weighted by Gasteiger charge is -2.15. The number of nitrogens with one attached hydrogen (secondary N) is 3. The molecule has 3 aromatic carbocycles. The molecule has 0 bridgehead atoms. The van der Waals surface area contributed by atoms with Crippen LogP contribution in [0.2, 0.25) is 0 Å². The number of halogens is 2. The zero-order chi connectivity index (χ0) is 26.9. The van der Waals surface area contributed by atoms with Gasteiger partial charge in [0.05, 0.1) is 22.6 Å². The van der Waals surface area contributed by atoms with Gasteiger partial charge in [0.15, 0.2) is 18.1 Å². The van der Waals surface area contributed by atoms with Crippen LogP contribution in [0.15, 0.2) is 59.7 Å². The summed E-state index contributed by atoms with van der Waals surface area (Å²) in [6, 6.07) is 14.5. The molecule has 0 aromatic heterocycles. The Bertz CT molecular complexity index is 1340. The van der Waals surface area contributed by atoms with Crippen LogP contribution in [0.3, 0.4) is 0 Å². The molecular formula is C26H24FIN4O5. The molecule has 0 spiro atoms. The van der Waals surface area contributed by atoms with Gasteiger partial charge >= 0.3 is 11.8 Å². The third-order valence-electron chi connectivity index (χ3n) is 5.05. The molecular weight excluding hydrogens is 594 g/mol. The Balaban J connectivity index is 1.61. The summed E-state index contributed by atoms with van der Waals surface area (Å²) < 4.78 is 25.4. The monoisotopic (exact) mass is 618 g/mol. The second kappa shape index (κ2) is 12.8. The third kappa shape index (κ3) is 7.49. The number of para-hydroxylation sites is 2. The second-order valence-corrected chi connectivity index (χ2v) is 8.93. The molecule has 0 aliphatic carbocycles. The van der Waals surface area contributed by atoms with E-state index in [-0.39, 0.29) is 18.2 Å². The number of methoxy groups -OCH3 is 1. The van der Waals surface area contributed by atoms with Crippen LogP contribution in [0.5, 0.6) is 11.5 Å². The van der Waals surface area contributed by atoms with Gasteiger partial charge in [-0.3, -0.25) is 14.4 Å². The minimum Gasteiger partial charge on any atom is -0.493 e. The second-order valence-electron chi connectivity index (χ2n) is 7.77. The van der Waals surface area contributed by atoms with Crippen molar-refractivity contribution < 1.29 is 28.2 Å². The lowest BCUT2D eigenvalue weighted by Crippen LogP contribution is -2.32. The fourth-order valence-electron chi connectivity index (χ4n) is 3.24. The molecule has 0 unspecified atom stereocenters. The molecule has 0 aliphatic rings. The molecule has 0 radical (unpaired) electrons. The summed E-state index contributed by atoms with van der Waals surface area (Å²) in [5.41, 5.74) is 5.13. The Labute approximate surface area is 226 Å². The lowest BCUT2D eigenvalue weighted by molar-refractivity contribution is -0.136. The Kier molecular flexibility index (Phi) is 9.55. The van der Waals surface area contributed by atoms with E-state index in [2.05, 4.69) is 21.2 Å². The normalized spacial score (nSPS) is 10.6. The maximum Gasteiger partial charge on any atom is 0.329 e. The molecule has 0 saturated carbocycles. The number of hydrogen-bond acceptors (Lipinski definition) is 6. The quantitative estimate of drug-likeness (QED) is 0.152. The number of carbonyl (C=O) groups is 3. The van der Waals surface area contributed by atoms with Crippen LogP contribution in [0.25, 0.3) is 0 Å². The van der Waals surface area contributed by atoms with E-state index in [0.717, 1.165) is 22.9 Å². The summed E-state index contributed by atoms with van der Waals surface area (Å²) in [7, 11) is 1.45. The summed E-state index contributed by atoms with van der Waals surface area (Å²) in [4.78, 5) is 36.4. The van der Waals surface area contributed by atoms with E-state index in [1.807, 2.05) is 54.6 Å². The van der Waals surface area contributed by atoms with Gasteiger partial charge in [0.1, 0.15) is 5.82 Å². The minimum absolute atomic E-state index is 0.121. The number of hydrazone groups is 1. The van der Waals surface area contributed by atoms with Gasteiger partial charge in [-0.15, -0.1) is 0 Å². The molecule has 3 aromatic rings. The van der Waals surface area contributed by atoms with E-state index in [1.165, 1.54) is 31.5 Å². The van der Waals surface area contributed by atoms with Crippen LogP contribution >= 0.6 is 22.6 Å². The molecule has 37 heavy (non-hydrogen) atoms. The molecule has 192 valence electrons. The highest BCUT2D eigenvalue weighted by atomic mass is 127. The molecule has 0 saturated heterocycles. The van der Waals surface area contributed by atoms with Crippen LogP contribution in [0.1, 0.15) is 16.7 Å². The van der Waals surface area contributed by atoms with Crippen molar-refractivity contribution in [3.05, 3.63) is 80.7 Å². The fourth-order valence-corrected chi connectivity index (χ4v) is 4.02.